The van der Waals surface area contributed by atoms with Gasteiger partial charge in [0.2, 0.25) is 0 Å². The van der Waals surface area contributed by atoms with Crippen molar-refractivity contribution >= 4 is 5.91 Å². The summed E-state index contributed by atoms with van der Waals surface area (Å²) in [6, 6.07) is 2.18. The van der Waals surface area contributed by atoms with Gasteiger partial charge >= 0.3 is 0 Å². The Morgan fingerprint density at radius 1 is 1.43 bits per heavy atom. The van der Waals surface area contributed by atoms with E-state index in [2.05, 4.69) is 52.0 Å². The van der Waals surface area contributed by atoms with Crippen LogP contribution in [0.4, 0.5) is 0 Å². The molecule has 0 radical (unpaired) electrons. The average Bonchev–Trinajstić information content (AvgIpc) is 2.83. The van der Waals surface area contributed by atoms with Crippen LogP contribution in [0.5, 0.6) is 0 Å². The second-order valence-corrected chi connectivity index (χ2v) is 7.24. The quantitative estimate of drug-likeness (QED) is 0.909. The molecule has 0 saturated carbocycles. The normalized spacial score (nSPS) is 20.1. The molecule has 1 aromatic heterocycles. The lowest BCUT2D eigenvalue weighted by molar-refractivity contribution is 0.0648. The second-order valence-electron chi connectivity index (χ2n) is 7.24. The molecule has 21 heavy (non-hydrogen) atoms. The van der Waals surface area contributed by atoms with Crippen LogP contribution in [0.1, 0.15) is 63.6 Å². The molecule has 1 aliphatic heterocycles. The predicted molar refractivity (Wildman–Crippen MR) is 84.7 cm³/mol. The first kappa shape index (κ1) is 16.0. The van der Waals surface area contributed by atoms with E-state index in [0.29, 0.717) is 11.6 Å². The lowest BCUT2D eigenvalue weighted by Gasteiger charge is -2.33. The molecule has 1 N–H and O–H groups in total. The number of carbonyl (C=O) groups is 1. The maximum Gasteiger partial charge on any atom is 0.274 e. The standard InChI is InChI=1S/C16H28N4O/c1-11(2)14-9-13(18-20(14)16(4,5)6)15(21)19-8-7-17-10-12(19)3/h9,11-12,17H,7-8,10H2,1-6H3/t12-/m1/s1. The Morgan fingerprint density at radius 2 is 2.10 bits per heavy atom. The van der Waals surface area contributed by atoms with Gasteiger partial charge in [0.25, 0.3) is 5.91 Å². The molecule has 5 heteroatoms. The Balaban J connectivity index is 2.34. The van der Waals surface area contributed by atoms with Gasteiger partial charge in [-0.1, -0.05) is 13.8 Å². The molecule has 5 nitrogen and oxygen atoms in total. The van der Waals surface area contributed by atoms with Gasteiger partial charge in [-0.25, -0.2) is 0 Å². The summed E-state index contributed by atoms with van der Waals surface area (Å²) in [5.41, 5.74) is 1.57. The van der Waals surface area contributed by atoms with Crippen molar-refractivity contribution in [3.8, 4) is 0 Å². The summed E-state index contributed by atoms with van der Waals surface area (Å²) >= 11 is 0. The molecule has 1 amide bonds. The predicted octanol–water partition coefficient (Wildman–Crippen LogP) is 2.20. The van der Waals surface area contributed by atoms with E-state index in [1.165, 1.54) is 0 Å². The van der Waals surface area contributed by atoms with Crippen LogP contribution in [0, 0.1) is 0 Å². The van der Waals surface area contributed by atoms with Crippen LogP contribution >= 0.6 is 0 Å². The van der Waals surface area contributed by atoms with E-state index in [4.69, 9.17) is 0 Å². The third kappa shape index (κ3) is 3.28. The zero-order chi connectivity index (χ0) is 15.8. The number of hydrogen-bond donors (Lipinski definition) is 1. The molecule has 2 heterocycles. The number of hydrogen-bond acceptors (Lipinski definition) is 3. The van der Waals surface area contributed by atoms with E-state index >= 15 is 0 Å². The Bertz CT molecular complexity index is 513. The molecular formula is C16H28N4O. The Morgan fingerprint density at radius 3 is 2.57 bits per heavy atom. The van der Waals surface area contributed by atoms with Gasteiger partial charge in [0.1, 0.15) is 0 Å². The highest BCUT2D eigenvalue weighted by Gasteiger charge is 2.29. The van der Waals surface area contributed by atoms with Crippen molar-refractivity contribution in [2.24, 2.45) is 0 Å². The number of aromatic nitrogens is 2. The first-order valence-corrected chi connectivity index (χ1v) is 7.84. The first-order valence-electron chi connectivity index (χ1n) is 7.84. The number of nitrogens with zero attached hydrogens (tertiary/aromatic N) is 3. The van der Waals surface area contributed by atoms with Crippen molar-refractivity contribution < 1.29 is 4.79 Å². The number of piperazine rings is 1. The van der Waals surface area contributed by atoms with Crippen LogP contribution < -0.4 is 5.32 Å². The second kappa shape index (κ2) is 5.79. The summed E-state index contributed by atoms with van der Waals surface area (Å²) in [6.45, 7) is 15.2. The SMILES string of the molecule is CC(C)c1cc(C(=O)N2CCNC[C@H]2C)nn1C(C)(C)C. The van der Waals surface area contributed by atoms with Crippen LogP contribution in [-0.4, -0.2) is 46.3 Å². The summed E-state index contributed by atoms with van der Waals surface area (Å²) in [4.78, 5) is 14.7. The van der Waals surface area contributed by atoms with E-state index < -0.39 is 0 Å². The molecule has 1 aromatic rings. The summed E-state index contributed by atoms with van der Waals surface area (Å²) in [7, 11) is 0. The van der Waals surface area contributed by atoms with Crippen LogP contribution in [0.3, 0.4) is 0 Å². The highest BCUT2D eigenvalue weighted by molar-refractivity contribution is 5.92. The lowest BCUT2D eigenvalue weighted by Crippen LogP contribution is -2.52. The number of rotatable bonds is 2. The van der Waals surface area contributed by atoms with Gasteiger partial charge in [-0.3, -0.25) is 9.48 Å². The lowest BCUT2D eigenvalue weighted by atomic mass is 10.1. The van der Waals surface area contributed by atoms with Gasteiger partial charge < -0.3 is 10.2 Å². The van der Waals surface area contributed by atoms with E-state index in [-0.39, 0.29) is 17.5 Å². The number of amides is 1. The smallest absolute Gasteiger partial charge is 0.274 e. The van der Waals surface area contributed by atoms with Gasteiger partial charge in [0.15, 0.2) is 5.69 Å². The van der Waals surface area contributed by atoms with Crippen molar-refractivity contribution in [2.75, 3.05) is 19.6 Å². The fraction of sp³-hybridized carbons (Fsp3) is 0.750. The molecule has 1 saturated heterocycles. The summed E-state index contributed by atoms with van der Waals surface area (Å²) in [6.07, 6.45) is 0. The van der Waals surface area contributed by atoms with Gasteiger partial charge in [-0.15, -0.1) is 0 Å². The minimum Gasteiger partial charge on any atom is -0.332 e. The van der Waals surface area contributed by atoms with Crippen LogP contribution in [0.2, 0.25) is 0 Å². The summed E-state index contributed by atoms with van der Waals surface area (Å²) in [5, 5.41) is 7.93. The fourth-order valence-corrected chi connectivity index (χ4v) is 2.74. The molecule has 0 unspecified atom stereocenters. The van der Waals surface area contributed by atoms with E-state index in [1.54, 1.807) is 0 Å². The molecule has 1 aliphatic rings. The summed E-state index contributed by atoms with van der Waals surface area (Å²) in [5.74, 6) is 0.396. The molecule has 1 atom stereocenters. The highest BCUT2D eigenvalue weighted by atomic mass is 16.2. The highest BCUT2D eigenvalue weighted by Crippen LogP contribution is 2.24. The topological polar surface area (TPSA) is 50.2 Å². The maximum absolute atomic E-state index is 12.7. The molecule has 0 spiro atoms. The Labute approximate surface area is 127 Å². The van der Waals surface area contributed by atoms with Gasteiger partial charge in [0.05, 0.1) is 5.54 Å². The minimum atomic E-state index is -0.118. The molecule has 0 aromatic carbocycles. The third-order valence-electron chi connectivity index (χ3n) is 3.95. The zero-order valence-corrected chi connectivity index (χ0v) is 14.1. The van der Waals surface area contributed by atoms with Crippen molar-refractivity contribution in [1.82, 2.24) is 20.0 Å². The molecule has 0 aliphatic carbocycles. The number of carbonyl (C=O) groups excluding carboxylic acids is 1. The molecule has 1 fully saturated rings. The average molecular weight is 292 g/mol. The number of nitrogens with one attached hydrogen (secondary N) is 1. The van der Waals surface area contributed by atoms with Gasteiger partial charge in [-0.05, 0) is 39.7 Å². The maximum atomic E-state index is 12.7. The van der Waals surface area contributed by atoms with Crippen molar-refractivity contribution in [3.05, 3.63) is 17.5 Å². The fourth-order valence-electron chi connectivity index (χ4n) is 2.74. The van der Waals surface area contributed by atoms with Crippen molar-refractivity contribution in [3.63, 3.8) is 0 Å². The minimum absolute atomic E-state index is 0.0499. The van der Waals surface area contributed by atoms with Crippen LogP contribution in [0.15, 0.2) is 6.07 Å². The van der Waals surface area contributed by atoms with E-state index in [0.717, 1.165) is 25.3 Å². The Hall–Kier alpha value is -1.36. The summed E-state index contributed by atoms with van der Waals surface area (Å²) < 4.78 is 2.00. The van der Waals surface area contributed by atoms with Gasteiger partial charge in [-0.2, -0.15) is 5.10 Å². The largest absolute Gasteiger partial charge is 0.332 e. The molecule has 0 bridgehead atoms. The van der Waals surface area contributed by atoms with Crippen LogP contribution in [0.25, 0.3) is 0 Å². The molecular weight excluding hydrogens is 264 g/mol. The third-order valence-corrected chi connectivity index (χ3v) is 3.95. The van der Waals surface area contributed by atoms with Gasteiger partial charge in [0, 0.05) is 31.4 Å². The first-order chi connectivity index (χ1) is 9.71. The van der Waals surface area contributed by atoms with Crippen molar-refractivity contribution in [1.29, 1.82) is 0 Å². The van der Waals surface area contributed by atoms with Crippen LogP contribution in [-0.2, 0) is 5.54 Å². The van der Waals surface area contributed by atoms with Crippen molar-refractivity contribution in [2.45, 2.75) is 59.0 Å². The monoisotopic (exact) mass is 292 g/mol. The molecule has 2 rings (SSSR count). The van der Waals surface area contributed by atoms with E-state index in [1.807, 2.05) is 15.6 Å². The zero-order valence-electron chi connectivity index (χ0n) is 14.1. The molecule has 118 valence electrons. The Kier molecular flexibility index (Phi) is 4.42. The van der Waals surface area contributed by atoms with E-state index in [9.17, 15) is 4.79 Å².